The number of fused-ring (bicyclic) bond motifs is 1. The molecule has 3 heterocycles. The van der Waals surface area contributed by atoms with Crippen molar-refractivity contribution in [1.82, 2.24) is 9.80 Å². The van der Waals surface area contributed by atoms with Crippen LogP contribution in [-0.4, -0.2) is 89.3 Å². The van der Waals surface area contributed by atoms with Crippen LogP contribution in [0.4, 0.5) is 5.69 Å². The number of aliphatic hydroxyl groups is 1. The highest BCUT2D eigenvalue weighted by Crippen LogP contribution is 2.64. The molecule has 2 unspecified atom stereocenters. The van der Waals surface area contributed by atoms with Crippen molar-refractivity contribution in [2.24, 2.45) is 17.8 Å². The molecule has 3 aliphatic rings. The maximum absolute atomic E-state index is 14.8. The van der Waals surface area contributed by atoms with E-state index >= 15 is 0 Å². The minimum Gasteiger partial charge on any atom is -0.497 e. The Labute approximate surface area is 250 Å². The summed E-state index contributed by atoms with van der Waals surface area (Å²) in [5.41, 5.74) is -1.45. The zero-order valence-corrected chi connectivity index (χ0v) is 25.8. The number of carbonyl (C=O) groups excluding carboxylic acids is 3. The standard InChI is InChI=1S/C33H47N3O6/c1-8-18-34(19-9-2)29(38)26-27-30(39)36(25(21-37)22(5)11-4)28(33(27)17-16-32(26,6)42-33)31(40)35(20-10-3)23-12-14-24(41-7)15-13-23/h8,10,12-15,22,25-28,37H,1,3,9,11,16-21H2,2,4-7H3/t22-,25-,26+,27-,28?,32-,33?/m0/s1. The third-order valence-electron chi connectivity index (χ3n) is 9.68. The van der Waals surface area contributed by atoms with E-state index in [1.54, 1.807) is 58.2 Å². The Bertz CT molecular complexity index is 1190. The van der Waals surface area contributed by atoms with Gasteiger partial charge in [0.1, 0.15) is 17.4 Å². The normalized spacial score (nSPS) is 29.1. The van der Waals surface area contributed by atoms with Gasteiger partial charge in [-0.1, -0.05) is 39.3 Å². The van der Waals surface area contributed by atoms with E-state index < -0.39 is 35.1 Å². The van der Waals surface area contributed by atoms with Crippen LogP contribution in [0.2, 0.25) is 0 Å². The van der Waals surface area contributed by atoms with E-state index in [9.17, 15) is 19.5 Å². The van der Waals surface area contributed by atoms with E-state index in [2.05, 4.69) is 13.2 Å². The lowest BCUT2D eigenvalue weighted by atomic mass is 9.66. The highest BCUT2D eigenvalue weighted by molar-refractivity contribution is 6.05. The lowest BCUT2D eigenvalue weighted by molar-refractivity contribution is -0.153. The van der Waals surface area contributed by atoms with Crippen LogP contribution < -0.4 is 9.64 Å². The number of rotatable bonds is 14. The summed E-state index contributed by atoms with van der Waals surface area (Å²) in [4.78, 5) is 48.6. The van der Waals surface area contributed by atoms with E-state index in [-0.39, 0.29) is 36.8 Å². The number of anilines is 1. The summed E-state index contributed by atoms with van der Waals surface area (Å²) in [6, 6.07) is 5.54. The van der Waals surface area contributed by atoms with Crippen LogP contribution in [-0.2, 0) is 19.1 Å². The zero-order valence-electron chi connectivity index (χ0n) is 25.8. The van der Waals surface area contributed by atoms with Crippen LogP contribution in [0.1, 0.15) is 53.4 Å². The molecule has 2 bridgehead atoms. The van der Waals surface area contributed by atoms with Crippen LogP contribution in [0.5, 0.6) is 5.75 Å². The predicted molar refractivity (Wildman–Crippen MR) is 162 cm³/mol. The van der Waals surface area contributed by atoms with E-state index in [4.69, 9.17) is 9.47 Å². The Hall–Kier alpha value is -3.17. The topological polar surface area (TPSA) is 99.6 Å². The average molecular weight is 582 g/mol. The summed E-state index contributed by atoms with van der Waals surface area (Å²) >= 11 is 0. The van der Waals surface area contributed by atoms with Crippen molar-refractivity contribution in [1.29, 1.82) is 0 Å². The fraction of sp³-hybridized carbons (Fsp3) is 0.606. The predicted octanol–water partition coefficient (Wildman–Crippen LogP) is 3.81. The van der Waals surface area contributed by atoms with Gasteiger partial charge < -0.3 is 29.3 Å². The number of ether oxygens (including phenoxy) is 2. The molecule has 1 aromatic carbocycles. The largest absolute Gasteiger partial charge is 0.497 e. The lowest BCUT2D eigenvalue weighted by Crippen LogP contribution is -2.60. The molecule has 4 rings (SSSR count). The number of hydrogen-bond acceptors (Lipinski definition) is 6. The first-order valence-electron chi connectivity index (χ1n) is 15.2. The molecule has 0 aromatic heterocycles. The number of nitrogens with zero attached hydrogens (tertiary/aromatic N) is 3. The third kappa shape index (κ3) is 5.04. The molecule has 0 aliphatic carbocycles. The van der Waals surface area contributed by atoms with Gasteiger partial charge in [-0.3, -0.25) is 14.4 Å². The highest BCUT2D eigenvalue weighted by atomic mass is 16.5. The average Bonchev–Trinajstić information content (AvgIpc) is 3.56. The minimum absolute atomic E-state index is 0.0855. The SMILES string of the molecule is C=CCN(CCC)C(=O)[C@H]1[C@H]2C(=O)N([C@@H](CO)[C@@H](C)CC)C(C(=O)N(CC=C)c3ccc(OC)cc3)C23CC[C@]1(C)O3. The number of benzene rings is 1. The summed E-state index contributed by atoms with van der Waals surface area (Å²) in [5, 5.41) is 10.6. The lowest BCUT2D eigenvalue weighted by Gasteiger charge is -2.41. The van der Waals surface area contributed by atoms with Gasteiger partial charge in [-0.25, -0.2) is 0 Å². The van der Waals surface area contributed by atoms with Gasteiger partial charge in [0, 0.05) is 25.3 Å². The molecule has 1 spiro atoms. The number of methoxy groups -OCH3 is 1. The molecule has 3 amide bonds. The van der Waals surface area contributed by atoms with Gasteiger partial charge in [0.2, 0.25) is 11.8 Å². The van der Waals surface area contributed by atoms with E-state index in [0.717, 1.165) is 6.42 Å². The quantitative estimate of drug-likeness (QED) is 0.336. The molecule has 0 saturated carbocycles. The highest BCUT2D eigenvalue weighted by Gasteiger charge is 2.79. The van der Waals surface area contributed by atoms with Gasteiger partial charge >= 0.3 is 0 Å². The van der Waals surface area contributed by atoms with Crippen LogP contribution in [0.25, 0.3) is 0 Å². The summed E-state index contributed by atoms with van der Waals surface area (Å²) in [6.45, 7) is 16.4. The smallest absolute Gasteiger partial charge is 0.253 e. The second-order valence-electron chi connectivity index (χ2n) is 12.1. The van der Waals surface area contributed by atoms with Gasteiger partial charge in [-0.15, -0.1) is 13.2 Å². The van der Waals surface area contributed by atoms with Gasteiger partial charge in [-0.05, 0) is 56.4 Å². The van der Waals surface area contributed by atoms with Crippen LogP contribution >= 0.6 is 0 Å². The molecule has 0 radical (unpaired) electrons. The Morgan fingerprint density at radius 2 is 1.83 bits per heavy atom. The summed E-state index contributed by atoms with van der Waals surface area (Å²) in [7, 11) is 1.58. The number of hydrogen-bond donors (Lipinski definition) is 1. The van der Waals surface area contributed by atoms with Crippen LogP contribution in [0, 0.1) is 17.8 Å². The molecular weight excluding hydrogens is 534 g/mol. The molecule has 42 heavy (non-hydrogen) atoms. The van der Waals surface area contributed by atoms with Gasteiger partial charge in [0.25, 0.3) is 5.91 Å². The first-order chi connectivity index (χ1) is 20.1. The summed E-state index contributed by atoms with van der Waals surface area (Å²) < 4.78 is 12.2. The molecule has 1 N–H and O–H groups in total. The van der Waals surface area contributed by atoms with Crippen molar-refractivity contribution < 1.29 is 29.0 Å². The Morgan fingerprint density at radius 3 is 2.38 bits per heavy atom. The maximum atomic E-state index is 14.8. The molecule has 1 aromatic rings. The first kappa shape index (κ1) is 31.8. The van der Waals surface area contributed by atoms with Crippen LogP contribution in [0.15, 0.2) is 49.6 Å². The molecule has 9 nitrogen and oxygen atoms in total. The monoisotopic (exact) mass is 581 g/mol. The molecule has 3 saturated heterocycles. The van der Waals surface area contributed by atoms with Crippen molar-refractivity contribution in [3.05, 3.63) is 49.6 Å². The molecule has 9 heteroatoms. The Kier molecular flexibility index (Phi) is 9.52. The number of aliphatic hydroxyl groups excluding tert-OH is 1. The van der Waals surface area contributed by atoms with E-state index in [0.29, 0.717) is 43.8 Å². The van der Waals surface area contributed by atoms with Crippen molar-refractivity contribution >= 4 is 23.4 Å². The van der Waals surface area contributed by atoms with Crippen molar-refractivity contribution in [2.75, 3.05) is 38.3 Å². The summed E-state index contributed by atoms with van der Waals surface area (Å²) in [5.74, 6) is -1.75. The van der Waals surface area contributed by atoms with E-state index in [1.807, 2.05) is 27.7 Å². The van der Waals surface area contributed by atoms with Crippen LogP contribution in [0.3, 0.4) is 0 Å². The van der Waals surface area contributed by atoms with Crippen molar-refractivity contribution in [3.8, 4) is 5.75 Å². The second kappa shape index (κ2) is 12.6. The first-order valence-corrected chi connectivity index (χ1v) is 15.2. The fourth-order valence-electron chi connectivity index (χ4n) is 7.47. The third-order valence-corrected chi connectivity index (χ3v) is 9.68. The fourth-order valence-corrected chi connectivity index (χ4v) is 7.47. The second-order valence-corrected chi connectivity index (χ2v) is 12.1. The Morgan fingerprint density at radius 1 is 1.17 bits per heavy atom. The van der Waals surface area contributed by atoms with Gasteiger partial charge in [0.05, 0.1) is 37.2 Å². The molecular formula is C33H47N3O6. The maximum Gasteiger partial charge on any atom is 0.253 e. The number of likely N-dealkylation sites (tertiary alicyclic amines) is 1. The number of carbonyl (C=O) groups is 3. The van der Waals surface area contributed by atoms with E-state index in [1.165, 1.54) is 0 Å². The zero-order chi connectivity index (χ0) is 30.8. The molecule has 7 atom stereocenters. The molecule has 3 fully saturated rings. The summed E-state index contributed by atoms with van der Waals surface area (Å²) in [6.07, 6.45) is 5.83. The molecule has 230 valence electrons. The minimum atomic E-state index is -1.19. The Balaban J connectivity index is 1.86. The van der Waals surface area contributed by atoms with Crippen molar-refractivity contribution in [3.63, 3.8) is 0 Å². The van der Waals surface area contributed by atoms with Gasteiger partial charge in [0.15, 0.2) is 0 Å². The van der Waals surface area contributed by atoms with Gasteiger partial charge in [-0.2, -0.15) is 0 Å². The number of amides is 3. The molecule has 3 aliphatic heterocycles. The van der Waals surface area contributed by atoms with Crippen molar-refractivity contribution in [2.45, 2.75) is 76.7 Å².